The van der Waals surface area contributed by atoms with Crippen molar-refractivity contribution in [2.75, 3.05) is 47.2 Å². The van der Waals surface area contributed by atoms with Gasteiger partial charge in [-0.05, 0) is 67.8 Å². The summed E-state index contributed by atoms with van der Waals surface area (Å²) in [7, 11) is -4.16. The maximum absolute atomic E-state index is 13.7. The molecule has 40 heavy (non-hydrogen) atoms. The Labute approximate surface area is 235 Å². The van der Waals surface area contributed by atoms with Crippen LogP contribution < -0.4 is 14.5 Å². The van der Waals surface area contributed by atoms with Gasteiger partial charge < -0.3 is 14.7 Å². The van der Waals surface area contributed by atoms with Gasteiger partial charge in [0.25, 0.3) is 10.0 Å². The number of rotatable bonds is 6. The molecule has 1 saturated heterocycles. The van der Waals surface area contributed by atoms with E-state index in [-0.39, 0.29) is 30.8 Å². The van der Waals surface area contributed by atoms with E-state index < -0.39 is 32.4 Å². The molecule has 0 spiro atoms. The van der Waals surface area contributed by atoms with E-state index in [1.807, 2.05) is 21.4 Å². The number of anilines is 3. The van der Waals surface area contributed by atoms with Gasteiger partial charge in [0.1, 0.15) is 11.9 Å². The second kappa shape index (κ2) is 10.8. The van der Waals surface area contributed by atoms with Crippen molar-refractivity contribution >= 4 is 43.8 Å². The fourth-order valence-electron chi connectivity index (χ4n) is 4.97. The number of nitrogens with zero attached hydrogens (tertiary/aromatic N) is 5. The number of alkyl halides is 3. The summed E-state index contributed by atoms with van der Waals surface area (Å²) in [6.07, 6.45) is -3.09. The van der Waals surface area contributed by atoms with Crippen molar-refractivity contribution in [2.24, 2.45) is 0 Å². The summed E-state index contributed by atoms with van der Waals surface area (Å²) < 4.78 is 79.1. The first-order valence-electron chi connectivity index (χ1n) is 12.5. The van der Waals surface area contributed by atoms with Crippen LogP contribution in [0, 0.1) is 5.82 Å². The van der Waals surface area contributed by atoms with Gasteiger partial charge in [-0.25, -0.2) is 12.8 Å². The maximum atomic E-state index is 13.7. The zero-order valence-electron chi connectivity index (χ0n) is 21.4. The number of amides is 1. The standard InChI is InChI=1S/C25H26F4N6O3S2.2H2/c1-16(35-10-2-3-17-15-18(26)4-9-21(17)35)22(36)34-13-11-33(12-14-34)19-5-7-20(8-6-19)40(37,38)32-24-31-30-23(39-24)25(27,28)29;;/h4-9,15-16H,2-3,10-14H2,1H3,(H,31,32);2*1H/t16-;;/m1../s1. The summed E-state index contributed by atoms with van der Waals surface area (Å²) in [6.45, 7) is 4.62. The molecule has 2 aromatic carbocycles. The highest BCUT2D eigenvalue weighted by atomic mass is 32.2. The van der Waals surface area contributed by atoms with Crippen molar-refractivity contribution in [1.29, 1.82) is 0 Å². The van der Waals surface area contributed by atoms with Gasteiger partial charge >= 0.3 is 6.18 Å². The van der Waals surface area contributed by atoms with Crippen LogP contribution in [0.25, 0.3) is 0 Å². The van der Waals surface area contributed by atoms with Gasteiger partial charge in [0.05, 0.1) is 4.90 Å². The van der Waals surface area contributed by atoms with Crippen LogP contribution in [-0.4, -0.2) is 68.2 Å². The lowest BCUT2D eigenvalue weighted by atomic mass is 9.99. The third-order valence-corrected chi connectivity index (χ3v) is 9.38. The number of hydrogen-bond acceptors (Lipinski definition) is 8. The van der Waals surface area contributed by atoms with Gasteiger partial charge in [0.15, 0.2) is 0 Å². The number of sulfonamides is 1. The molecule has 1 N–H and O–H groups in total. The van der Waals surface area contributed by atoms with Crippen LogP contribution in [0.15, 0.2) is 47.4 Å². The van der Waals surface area contributed by atoms with E-state index in [1.54, 1.807) is 23.1 Å². The SMILES string of the molecule is C[C@H](C(=O)N1CCN(c2ccc(S(=O)(=O)Nc3nnc(C(F)(F)F)s3)cc2)CC1)N1CCCc2cc(F)ccc21.[HH].[HH]. The fourth-order valence-corrected chi connectivity index (χ4v) is 6.81. The van der Waals surface area contributed by atoms with E-state index in [0.29, 0.717) is 26.2 Å². The Kier molecular flexibility index (Phi) is 7.61. The molecule has 1 amide bonds. The number of nitrogens with one attached hydrogen (secondary N) is 1. The van der Waals surface area contributed by atoms with Crippen molar-refractivity contribution in [3.63, 3.8) is 0 Å². The first-order chi connectivity index (χ1) is 18.9. The minimum atomic E-state index is -4.71. The molecule has 9 nitrogen and oxygen atoms in total. The lowest BCUT2D eigenvalue weighted by Gasteiger charge is -2.41. The molecule has 218 valence electrons. The van der Waals surface area contributed by atoms with Crippen LogP contribution in [-0.2, 0) is 27.4 Å². The highest BCUT2D eigenvalue weighted by Crippen LogP contribution is 2.34. The summed E-state index contributed by atoms with van der Waals surface area (Å²) in [6, 6.07) is 10.2. The molecule has 3 heterocycles. The van der Waals surface area contributed by atoms with Crippen LogP contribution >= 0.6 is 11.3 Å². The smallest absolute Gasteiger partial charge is 0.368 e. The molecule has 1 fully saturated rings. The zero-order valence-corrected chi connectivity index (χ0v) is 23.0. The van der Waals surface area contributed by atoms with Crippen LogP contribution in [0.3, 0.4) is 0 Å². The molecule has 15 heteroatoms. The Morgan fingerprint density at radius 2 is 1.75 bits per heavy atom. The average Bonchev–Trinajstić information content (AvgIpc) is 3.40. The molecule has 1 atom stereocenters. The lowest BCUT2D eigenvalue weighted by Crippen LogP contribution is -2.55. The van der Waals surface area contributed by atoms with Crippen molar-refractivity contribution < 1.29 is 33.6 Å². The second-order valence-electron chi connectivity index (χ2n) is 9.57. The van der Waals surface area contributed by atoms with Gasteiger partial charge in [-0.3, -0.25) is 9.52 Å². The van der Waals surface area contributed by atoms with Gasteiger partial charge in [-0.2, -0.15) is 13.2 Å². The predicted octanol–water partition coefficient (Wildman–Crippen LogP) is 4.48. The molecule has 2 aliphatic heterocycles. The molecule has 2 aliphatic rings. The normalized spacial score (nSPS) is 17.0. The van der Waals surface area contributed by atoms with Crippen molar-refractivity contribution in [3.05, 3.63) is 58.9 Å². The third-order valence-electron chi connectivity index (χ3n) is 7.01. The largest absolute Gasteiger partial charge is 0.445 e. The zero-order chi connectivity index (χ0) is 28.7. The summed E-state index contributed by atoms with van der Waals surface area (Å²) in [5.74, 6) is -0.288. The molecule has 1 aromatic heterocycles. The number of aryl methyl sites for hydroxylation is 1. The molecular weight excluding hydrogens is 572 g/mol. The highest BCUT2D eigenvalue weighted by Gasteiger charge is 2.36. The Balaban J connectivity index is 0.00000242. The molecule has 5 rings (SSSR count). The monoisotopic (exact) mass is 602 g/mol. The topological polar surface area (TPSA) is 98.7 Å². The number of carbonyl (C=O) groups is 1. The van der Waals surface area contributed by atoms with Crippen molar-refractivity contribution in [1.82, 2.24) is 15.1 Å². The average molecular weight is 603 g/mol. The number of benzene rings is 2. The van der Waals surface area contributed by atoms with Crippen molar-refractivity contribution in [2.45, 2.75) is 36.9 Å². The molecule has 3 aromatic rings. The number of carbonyl (C=O) groups excluding carboxylic acids is 1. The van der Waals surface area contributed by atoms with Gasteiger partial charge in [-0.1, -0.05) is 11.3 Å². The van der Waals surface area contributed by atoms with E-state index in [4.69, 9.17) is 0 Å². The first kappa shape index (κ1) is 28.1. The molecule has 0 bridgehead atoms. The quantitative estimate of drug-likeness (QED) is 0.416. The van der Waals surface area contributed by atoms with Crippen LogP contribution in [0.5, 0.6) is 0 Å². The Bertz CT molecular complexity index is 1500. The fraction of sp³-hybridized carbons (Fsp3) is 0.400. The van der Waals surface area contributed by atoms with E-state index in [2.05, 4.69) is 10.2 Å². The Morgan fingerprint density at radius 1 is 1.05 bits per heavy atom. The molecule has 0 radical (unpaired) electrons. The van der Waals surface area contributed by atoms with E-state index >= 15 is 0 Å². The van der Waals surface area contributed by atoms with Crippen LogP contribution in [0.4, 0.5) is 34.1 Å². The minimum Gasteiger partial charge on any atom is -0.368 e. The number of halogens is 4. The maximum Gasteiger partial charge on any atom is 0.445 e. The van der Waals surface area contributed by atoms with Gasteiger partial charge in [0.2, 0.25) is 16.0 Å². The Hall–Kier alpha value is -3.46. The summed E-state index contributed by atoms with van der Waals surface area (Å²) in [4.78, 5) is 19.1. The number of hydrogen-bond donors (Lipinski definition) is 1. The van der Waals surface area contributed by atoms with E-state index in [1.165, 1.54) is 24.3 Å². The van der Waals surface area contributed by atoms with Crippen LogP contribution in [0.1, 0.15) is 26.8 Å². The summed E-state index contributed by atoms with van der Waals surface area (Å²) >= 11 is 0.102. The third kappa shape index (κ3) is 5.84. The number of fused-ring (bicyclic) bond motifs is 1. The minimum absolute atomic E-state index is 0. The van der Waals surface area contributed by atoms with Crippen molar-refractivity contribution in [3.8, 4) is 0 Å². The Morgan fingerprint density at radius 3 is 2.40 bits per heavy atom. The van der Waals surface area contributed by atoms with E-state index in [9.17, 15) is 30.8 Å². The second-order valence-corrected chi connectivity index (χ2v) is 12.2. The van der Waals surface area contributed by atoms with Gasteiger partial charge in [0, 0.05) is 47.0 Å². The first-order valence-corrected chi connectivity index (χ1v) is 14.8. The molecule has 0 unspecified atom stereocenters. The van der Waals surface area contributed by atoms with Crippen LogP contribution in [0.2, 0.25) is 0 Å². The lowest BCUT2D eigenvalue weighted by molar-refractivity contribution is -0.138. The molecular formula is C25H30F4N6O3S2. The number of aromatic nitrogens is 2. The predicted molar refractivity (Wildman–Crippen MR) is 147 cm³/mol. The highest BCUT2D eigenvalue weighted by molar-refractivity contribution is 7.93. The summed E-state index contributed by atoms with van der Waals surface area (Å²) in [5.41, 5.74) is 2.55. The van der Waals surface area contributed by atoms with E-state index in [0.717, 1.165) is 36.3 Å². The van der Waals surface area contributed by atoms with Gasteiger partial charge in [-0.15, -0.1) is 10.2 Å². The molecule has 0 saturated carbocycles. The number of piperazine rings is 1. The summed E-state index contributed by atoms with van der Waals surface area (Å²) in [5, 5.41) is 4.51. The molecule has 0 aliphatic carbocycles.